The van der Waals surface area contributed by atoms with Gasteiger partial charge in [0.25, 0.3) is 12.3 Å². The van der Waals surface area contributed by atoms with Crippen LogP contribution >= 0.6 is 0 Å². The average Bonchev–Trinajstić information content (AvgIpc) is 2.78. The molecular weight excluding hydrogens is 369 g/mol. The Morgan fingerprint density at radius 3 is 2.76 bits per heavy atom. The molecule has 134 valence electrons. The number of nitrogens with zero attached hydrogens (tertiary/aromatic N) is 3. The lowest BCUT2D eigenvalue weighted by Gasteiger charge is -2.17. The molecule has 0 atom stereocenters. The van der Waals surface area contributed by atoms with Gasteiger partial charge in [-0.15, -0.1) is 0 Å². The van der Waals surface area contributed by atoms with Crippen LogP contribution in [0, 0.1) is 5.82 Å². The molecule has 13 heteroatoms. The Kier molecular flexibility index (Phi) is 4.02. The van der Waals surface area contributed by atoms with Crippen molar-refractivity contribution >= 4 is 32.8 Å². The van der Waals surface area contributed by atoms with E-state index in [0.717, 1.165) is 12.3 Å². The van der Waals surface area contributed by atoms with Crippen molar-refractivity contribution in [2.24, 2.45) is 0 Å². The maximum atomic E-state index is 14.7. The van der Waals surface area contributed by atoms with Gasteiger partial charge in [0.05, 0.1) is 11.7 Å². The first kappa shape index (κ1) is 17.0. The number of amides is 1. The number of nitrogens with one attached hydrogen (secondary N) is 1. The van der Waals surface area contributed by atoms with Crippen LogP contribution in [0.1, 0.15) is 0 Å². The SMILES string of the molecule is O=C1CN(c2c(O)cc3ncc(OCC(F)F)nc3c2F)S(=O)(=O)N1. The molecule has 25 heavy (non-hydrogen) atoms. The van der Waals surface area contributed by atoms with Crippen molar-refractivity contribution in [2.75, 3.05) is 17.5 Å². The van der Waals surface area contributed by atoms with Crippen molar-refractivity contribution in [3.05, 3.63) is 18.1 Å². The van der Waals surface area contributed by atoms with E-state index in [4.69, 9.17) is 0 Å². The van der Waals surface area contributed by atoms with E-state index in [9.17, 15) is 31.5 Å². The highest BCUT2D eigenvalue weighted by atomic mass is 32.2. The largest absolute Gasteiger partial charge is 0.506 e. The molecule has 3 rings (SSSR count). The standard InChI is InChI=1S/C12H9F3N4O5S/c13-7(14)4-24-9-2-16-5-1-6(20)12(10(15)11(5)17-9)19-3-8(21)18-25(19,22)23/h1-2,7,20H,3-4H2,(H,18,21). The lowest BCUT2D eigenvalue weighted by atomic mass is 10.2. The fourth-order valence-corrected chi connectivity index (χ4v) is 3.34. The molecule has 2 heterocycles. The van der Waals surface area contributed by atoms with E-state index in [0.29, 0.717) is 4.31 Å². The van der Waals surface area contributed by atoms with E-state index in [1.54, 1.807) is 4.72 Å². The van der Waals surface area contributed by atoms with Crippen molar-refractivity contribution in [3.8, 4) is 11.6 Å². The van der Waals surface area contributed by atoms with Crippen LogP contribution in [-0.4, -0.2) is 49.0 Å². The second kappa shape index (κ2) is 5.91. The van der Waals surface area contributed by atoms with Crippen LogP contribution in [0.5, 0.6) is 11.6 Å². The molecule has 0 bridgehead atoms. The first-order valence-corrected chi connectivity index (χ1v) is 8.05. The zero-order valence-electron chi connectivity index (χ0n) is 12.1. The van der Waals surface area contributed by atoms with Gasteiger partial charge in [0.2, 0.25) is 5.88 Å². The first-order chi connectivity index (χ1) is 11.7. The molecule has 0 spiro atoms. The van der Waals surface area contributed by atoms with Crippen LogP contribution in [0.25, 0.3) is 11.0 Å². The summed E-state index contributed by atoms with van der Waals surface area (Å²) >= 11 is 0. The molecule has 0 aliphatic carbocycles. The maximum absolute atomic E-state index is 14.7. The zero-order valence-corrected chi connectivity index (χ0v) is 12.9. The van der Waals surface area contributed by atoms with Gasteiger partial charge < -0.3 is 9.84 Å². The number of ether oxygens (including phenoxy) is 1. The van der Waals surface area contributed by atoms with Gasteiger partial charge in [-0.2, -0.15) is 8.42 Å². The quantitative estimate of drug-likeness (QED) is 0.785. The number of fused-ring (bicyclic) bond motifs is 1. The monoisotopic (exact) mass is 378 g/mol. The van der Waals surface area contributed by atoms with Crippen molar-refractivity contribution in [3.63, 3.8) is 0 Å². The molecule has 2 aromatic rings. The van der Waals surface area contributed by atoms with Crippen molar-refractivity contribution in [1.82, 2.24) is 14.7 Å². The lowest BCUT2D eigenvalue weighted by molar-refractivity contribution is -0.117. The summed E-state index contributed by atoms with van der Waals surface area (Å²) in [6.07, 6.45) is -1.84. The van der Waals surface area contributed by atoms with Crippen LogP contribution < -0.4 is 13.8 Å². The molecule has 1 fully saturated rings. The van der Waals surface area contributed by atoms with Crippen LogP contribution in [0.2, 0.25) is 0 Å². The van der Waals surface area contributed by atoms with Crippen LogP contribution in [0.3, 0.4) is 0 Å². The Labute approximate surface area is 138 Å². The molecule has 2 N–H and O–H groups in total. The molecule has 9 nitrogen and oxygen atoms in total. The van der Waals surface area contributed by atoms with Gasteiger partial charge in [-0.25, -0.2) is 32.2 Å². The van der Waals surface area contributed by atoms with E-state index in [1.165, 1.54) is 0 Å². The second-order valence-corrected chi connectivity index (χ2v) is 6.47. The highest BCUT2D eigenvalue weighted by molar-refractivity contribution is 7.92. The third kappa shape index (κ3) is 3.09. The molecule has 1 aromatic carbocycles. The molecule has 1 aliphatic heterocycles. The van der Waals surface area contributed by atoms with Gasteiger partial charge in [0.1, 0.15) is 23.5 Å². The smallest absolute Gasteiger partial charge is 0.326 e. The molecular formula is C12H9F3N4O5S. The average molecular weight is 378 g/mol. The predicted octanol–water partition coefficient (Wildman–Crippen LogP) is 0.299. The summed E-state index contributed by atoms with van der Waals surface area (Å²) in [4.78, 5) is 18.6. The van der Waals surface area contributed by atoms with Gasteiger partial charge in [-0.05, 0) is 0 Å². The zero-order chi connectivity index (χ0) is 18.4. The third-order valence-corrected chi connectivity index (χ3v) is 4.51. The fraction of sp³-hybridized carbons (Fsp3) is 0.250. The number of phenolic OH excluding ortho intramolecular Hbond substituents is 1. The molecule has 0 radical (unpaired) electrons. The number of hydrogen-bond acceptors (Lipinski definition) is 7. The number of rotatable bonds is 4. The van der Waals surface area contributed by atoms with Gasteiger partial charge in [0.15, 0.2) is 12.4 Å². The van der Waals surface area contributed by atoms with Gasteiger partial charge in [-0.3, -0.25) is 4.79 Å². The number of benzene rings is 1. The predicted molar refractivity (Wildman–Crippen MR) is 77.1 cm³/mol. The van der Waals surface area contributed by atoms with E-state index in [1.807, 2.05) is 0 Å². The number of aromatic hydroxyl groups is 1. The Morgan fingerprint density at radius 1 is 1.44 bits per heavy atom. The minimum Gasteiger partial charge on any atom is -0.506 e. The summed E-state index contributed by atoms with van der Waals surface area (Å²) in [7, 11) is -4.38. The first-order valence-electron chi connectivity index (χ1n) is 6.61. The number of halogens is 3. The van der Waals surface area contributed by atoms with Gasteiger partial charge in [0, 0.05) is 6.07 Å². The molecule has 1 aliphatic rings. The normalized spacial score (nSPS) is 16.5. The maximum Gasteiger partial charge on any atom is 0.326 e. The second-order valence-electron chi connectivity index (χ2n) is 4.87. The summed E-state index contributed by atoms with van der Waals surface area (Å²) in [5, 5.41) is 9.93. The Balaban J connectivity index is 2.12. The molecule has 1 amide bonds. The molecule has 1 aromatic heterocycles. The van der Waals surface area contributed by atoms with Crippen molar-refractivity contribution < 1.29 is 36.2 Å². The van der Waals surface area contributed by atoms with Gasteiger partial charge in [-0.1, -0.05) is 0 Å². The minimum absolute atomic E-state index is 0.168. The number of phenols is 1. The summed E-state index contributed by atoms with van der Waals surface area (Å²) in [6, 6.07) is 0.927. The molecule has 0 saturated carbocycles. The summed E-state index contributed by atoms with van der Waals surface area (Å²) in [5.41, 5.74) is -1.50. The minimum atomic E-state index is -4.38. The Hall–Kier alpha value is -2.83. The highest BCUT2D eigenvalue weighted by Gasteiger charge is 2.38. The summed E-state index contributed by atoms with van der Waals surface area (Å²) < 4.78 is 69.3. The van der Waals surface area contributed by atoms with Crippen molar-refractivity contribution in [2.45, 2.75) is 6.43 Å². The van der Waals surface area contributed by atoms with E-state index in [-0.39, 0.29) is 5.52 Å². The van der Waals surface area contributed by atoms with E-state index >= 15 is 0 Å². The number of aromatic nitrogens is 2. The summed E-state index contributed by atoms with van der Waals surface area (Å²) in [6.45, 7) is -1.74. The van der Waals surface area contributed by atoms with Crippen LogP contribution in [0.15, 0.2) is 12.3 Å². The van der Waals surface area contributed by atoms with Crippen molar-refractivity contribution in [1.29, 1.82) is 0 Å². The topological polar surface area (TPSA) is 122 Å². The van der Waals surface area contributed by atoms with E-state index < -0.39 is 64.3 Å². The fourth-order valence-electron chi connectivity index (χ4n) is 2.17. The number of hydrogen-bond donors (Lipinski definition) is 2. The lowest BCUT2D eigenvalue weighted by Crippen LogP contribution is -2.30. The number of carbonyl (C=O) groups excluding carboxylic acids is 1. The Morgan fingerprint density at radius 2 is 2.16 bits per heavy atom. The molecule has 0 unspecified atom stereocenters. The number of carbonyl (C=O) groups is 1. The number of alkyl halides is 2. The number of anilines is 1. The van der Waals surface area contributed by atoms with E-state index in [2.05, 4.69) is 14.7 Å². The third-order valence-electron chi connectivity index (χ3n) is 3.14. The molecule has 1 saturated heterocycles. The summed E-state index contributed by atoms with van der Waals surface area (Å²) in [5.74, 6) is -3.42. The van der Waals surface area contributed by atoms with Crippen LogP contribution in [-0.2, 0) is 15.0 Å². The van der Waals surface area contributed by atoms with Gasteiger partial charge >= 0.3 is 10.2 Å². The highest BCUT2D eigenvalue weighted by Crippen LogP contribution is 2.37. The Bertz CT molecular complexity index is 969. The van der Waals surface area contributed by atoms with Crippen LogP contribution in [0.4, 0.5) is 18.9 Å².